The summed E-state index contributed by atoms with van der Waals surface area (Å²) in [5, 5.41) is 2.59. The molecule has 1 aliphatic rings. The summed E-state index contributed by atoms with van der Waals surface area (Å²) in [5.41, 5.74) is 4.67. The van der Waals surface area contributed by atoms with Gasteiger partial charge in [0.15, 0.2) is 5.71 Å². The number of para-hydroxylation sites is 1. The van der Waals surface area contributed by atoms with Crippen molar-refractivity contribution in [3.8, 4) is 0 Å². The maximum Gasteiger partial charge on any atom is 0.227 e. The average molecular weight is 410 g/mol. The van der Waals surface area contributed by atoms with E-state index in [4.69, 9.17) is 0 Å². The Morgan fingerprint density at radius 1 is 0.968 bits per heavy atom. The van der Waals surface area contributed by atoms with Crippen LogP contribution in [0.5, 0.6) is 0 Å². The van der Waals surface area contributed by atoms with Crippen LogP contribution in [0.4, 0.5) is 11.4 Å². The Morgan fingerprint density at radius 3 is 2.39 bits per heavy atom. The minimum atomic E-state index is -0.115. The SMILES string of the molecule is CC[N+]1=C(/C=C/C=C/N(C(C)=O)c2ccccc2)C(C)(C)c2c1ccc1ccccc21. The van der Waals surface area contributed by atoms with Gasteiger partial charge in [-0.25, -0.2) is 0 Å². The Kier molecular flexibility index (Phi) is 5.60. The first-order valence-electron chi connectivity index (χ1n) is 10.8. The highest BCUT2D eigenvalue weighted by atomic mass is 16.2. The highest BCUT2D eigenvalue weighted by Gasteiger charge is 2.44. The van der Waals surface area contributed by atoms with E-state index >= 15 is 0 Å². The fourth-order valence-corrected chi connectivity index (χ4v) is 4.62. The lowest BCUT2D eigenvalue weighted by Crippen LogP contribution is -2.27. The van der Waals surface area contributed by atoms with E-state index in [9.17, 15) is 4.79 Å². The lowest BCUT2D eigenvalue weighted by molar-refractivity contribution is -0.433. The minimum Gasteiger partial charge on any atom is -0.288 e. The van der Waals surface area contributed by atoms with Crippen molar-refractivity contribution in [1.82, 2.24) is 0 Å². The summed E-state index contributed by atoms with van der Waals surface area (Å²) < 4.78 is 2.39. The molecule has 0 atom stereocenters. The van der Waals surface area contributed by atoms with E-state index in [0.29, 0.717) is 0 Å². The molecule has 1 heterocycles. The third-order valence-electron chi connectivity index (χ3n) is 6.04. The molecule has 156 valence electrons. The predicted molar refractivity (Wildman–Crippen MR) is 130 cm³/mol. The second-order valence-corrected chi connectivity index (χ2v) is 8.36. The molecule has 3 nitrogen and oxygen atoms in total. The van der Waals surface area contributed by atoms with Crippen LogP contribution in [0.2, 0.25) is 0 Å². The lowest BCUT2D eigenvalue weighted by atomic mass is 9.79. The number of rotatable bonds is 5. The fourth-order valence-electron chi connectivity index (χ4n) is 4.62. The van der Waals surface area contributed by atoms with Gasteiger partial charge < -0.3 is 0 Å². The topological polar surface area (TPSA) is 23.3 Å². The van der Waals surface area contributed by atoms with Gasteiger partial charge >= 0.3 is 0 Å². The highest BCUT2D eigenvalue weighted by molar-refractivity contribution is 6.07. The van der Waals surface area contributed by atoms with Crippen LogP contribution >= 0.6 is 0 Å². The Bertz CT molecular complexity index is 1220. The molecule has 3 heteroatoms. The molecular weight excluding hydrogens is 380 g/mol. The molecule has 31 heavy (non-hydrogen) atoms. The van der Waals surface area contributed by atoms with Crippen molar-refractivity contribution in [2.45, 2.75) is 33.1 Å². The molecule has 3 aromatic rings. The number of fused-ring (bicyclic) bond motifs is 3. The van der Waals surface area contributed by atoms with Gasteiger partial charge in [-0.05, 0) is 55.8 Å². The summed E-state index contributed by atoms with van der Waals surface area (Å²) in [6.45, 7) is 9.27. The Morgan fingerprint density at radius 2 is 1.68 bits per heavy atom. The molecule has 0 N–H and O–H groups in total. The first-order valence-corrected chi connectivity index (χ1v) is 10.8. The van der Waals surface area contributed by atoms with Gasteiger partial charge in [0.1, 0.15) is 6.54 Å². The van der Waals surface area contributed by atoms with E-state index in [0.717, 1.165) is 12.2 Å². The maximum atomic E-state index is 12.1. The molecule has 1 aliphatic heterocycles. The smallest absolute Gasteiger partial charge is 0.227 e. The van der Waals surface area contributed by atoms with Gasteiger partial charge in [-0.3, -0.25) is 9.69 Å². The Hall–Kier alpha value is -3.46. The van der Waals surface area contributed by atoms with Gasteiger partial charge in [0.2, 0.25) is 11.6 Å². The van der Waals surface area contributed by atoms with Crippen molar-refractivity contribution in [2.75, 3.05) is 11.4 Å². The van der Waals surface area contributed by atoms with E-state index in [2.05, 4.69) is 67.8 Å². The normalized spacial score (nSPS) is 15.2. The maximum absolute atomic E-state index is 12.1. The minimum absolute atomic E-state index is 0.0150. The van der Waals surface area contributed by atoms with E-state index in [-0.39, 0.29) is 11.3 Å². The first-order chi connectivity index (χ1) is 14.9. The average Bonchev–Trinajstić information content (AvgIpc) is 3.00. The van der Waals surface area contributed by atoms with Gasteiger partial charge in [-0.15, -0.1) is 0 Å². The van der Waals surface area contributed by atoms with E-state index in [1.54, 1.807) is 11.8 Å². The number of anilines is 1. The van der Waals surface area contributed by atoms with E-state index < -0.39 is 0 Å². The molecule has 0 saturated carbocycles. The molecule has 1 amide bonds. The summed E-state index contributed by atoms with van der Waals surface area (Å²) in [5.74, 6) is -0.0150. The number of carbonyl (C=O) groups is 1. The summed E-state index contributed by atoms with van der Waals surface area (Å²) in [4.78, 5) is 13.8. The fraction of sp³-hybridized carbons (Fsp3) is 0.214. The summed E-state index contributed by atoms with van der Waals surface area (Å²) in [7, 11) is 0. The second-order valence-electron chi connectivity index (χ2n) is 8.36. The predicted octanol–water partition coefficient (Wildman–Crippen LogP) is 6.36. The van der Waals surface area contributed by atoms with Crippen molar-refractivity contribution in [3.63, 3.8) is 0 Å². The van der Waals surface area contributed by atoms with Crippen LogP contribution in [0.15, 0.2) is 91.2 Å². The zero-order valence-electron chi connectivity index (χ0n) is 18.7. The standard InChI is InChI=1S/C28H29N2O/c1-5-29-25-19-18-22-13-9-10-16-24(22)27(25)28(3,4)26(29)17-11-12-20-30(21(2)31)23-14-7-6-8-15-23/h6-20H,5H2,1-4H3/q+1. The van der Waals surface area contributed by atoms with Crippen molar-refractivity contribution in [2.24, 2.45) is 0 Å². The van der Waals surface area contributed by atoms with Gasteiger partial charge in [-0.1, -0.05) is 48.5 Å². The monoisotopic (exact) mass is 409 g/mol. The second kappa shape index (κ2) is 8.35. The molecular formula is C28H29N2O+. The number of carbonyl (C=O) groups excluding carboxylic acids is 1. The summed E-state index contributed by atoms with van der Waals surface area (Å²) in [6, 6.07) is 22.8. The van der Waals surface area contributed by atoms with Crippen molar-refractivity contribution in [1.29, 1.82) is 0 Å². The molecule has 0 fully saturated rings. The van der Waals surface area contributed by atoms with Crippen LogP contribution in [0, 0.1) is 0 Å². The van der Waals surface area contributed by atoms with Crippen molar-refractivity contribution < 1.29 is 9.37 Å². The number of hydrogen-bond acceptors (Lipinski definition) is 1. The first kappa shape index (κ1) is 20.8. The number of hydrogen-bond donors (Lipinski definition) is 0. The third kappa shape index (κ3) is 3.72. The van der Waals surface area contributed by atoms with Crippen molar-refractivity contribution in [3.05, 3.63) is 96.7 Å². The van der Waals surface area contributed by atoms with Crippen LogP contribution < -0.4 is 4.90 Å². The zero-order chi connectivity index (χ0) is 22.0. The van der Waals surface area contributed by atoms with Crippen LogP contribution in [0.1, 0.15) is 33.3 Å². The molecule has 0 unspecified atom stereocenters. The number of nitrogens with zero attached hydrogens (tertiary/aromatic N) is 2. The van der Waals surface area contributed by atoms with Crippen LogP contribution in [-0.2, 0) is 10.2 Å². The molecule has 0 bridgehead atoms. The van der Waals surface area contributed by atoms with Crippen LogP contribution in [-0.4, -0.2) is 22.7 Å². The highest BCUT2D eigenvalue weighted by Crippen LogP contribution is 2.44. The zero-order valence-corrected chi connectivity index (χ0v) is 18.7. The molecule has 0 spiro atoms. The van der Waals surface area contributed by atoms with Crippen LogP contribution in [0.25, 0.3) is 10.8 Å². The molecule has 3 aromatic carbocycles. The Labute approximate surface area is 184 Å². The third-order valence-corrected chi connectivity index (χ3v) is 6.04. The number of allylic oxidation sites excluding steroid dienone is 3. The van der Waals surface area contributed by atoms with Gasteiger partial charge in [0.05, 0.1) is 5.41 Å². The van der Waals surface area contributed by atoms with Gasteiger partial charge in [0, 0.05) is 36.5 Å². The van der Waals surface area contributed by atoms with Crippen molar-refractivity contribution >= 4 is 33.8 Å². The van der Waals surface area contributed by atoms with E-state index in [1.165, 1.54) is 27.7 Å². The largest absolute Gasteiger partial charge is 0.288 e. The summed E-state index contributed by atoms with van der Waals surface area (Å²) in [6.07, 6.45) is 7.98. The quantitative estimate of drug-likeness (QED) is 0.355. The number of amides is 1. The molecule has 0 aromatic heterocycles. The summed E-state index contributed by atoms with van der Waals surface area (Å²) >= 11 is 0. The Balaban J connectivity index is 1.69. The molecule has 0 aliphatic carbocycles. The van der Waals surface area contributed by atoms with Gasteiger partial charge in [0.25, 0.3) is 0 Å². The van der Waals surface area contributed by atoms with Crippen LogP contribution in [0.3, 0.4) is 0 Å². The van der Waals surface area contributed by atoms with E-state index in [1.807, 2.05) is 48.7 Å². The lowest BCUT2D eigenvalue weighted by Gasteiger charge is -2.17. The van der Waals surface area contributed by atoms with Gasteiger partial charge in [-0.2, -0.15) is 4.58 Å². The molecule has 4 rings (SSSR count). The molecule has 0 saturated heterocycles. The number of benzene rings is 3. The molecule has 0 radical (unpaired) electrons.